The van der Waals surface area contributed by atoms with Crippen molar-refractivity contribution in [1.82, 2.24) is 4.57 Å². The van der Waals surface area contributed by atoms with E-state index < -0.39 is 12.0 Å². The third-order valence-electron chi connectivity index (χ3n) is 4.89. The molecule has 0 saturated carbocycles. The molecule has 1 aliphatic rings. The minimum atomic E-state index is -0.642. The lowest BCUT2D eigenvalue weighted by atomic mass is 9.96. The van der Waals surface area contributed by atoms with Crippen LogP contribution in [0.25, 0.3) is 6.08 Å². The van der Waals surface area contributed by atoms with Crippen molar-refractivity contribution >= 4 is 68.6 Å². The number of benzene rings is 2. The molecular weight excluding hydrogens is 642 g/mol. The van der Waals surface area contributed by atoms with Crippen molar-refractivity contribution in [1.29, 1.82) is 0 Å². The second kappa shape index (κ2) is 8.87. The molecule has 1 atom stereocenters. The highest BCUT2D eigenvalue weighted by Crippen LogP contribution is 2.31. The van der Waals surface area contributed by atoms with E-state index in [1.165, 1.54) is 23.0 Å². The molecule has 6 nitrogen and oxygen atoms in total. The quantitative estimate of drug-likeness (QED) is 0.346. The number of hydrogen-bond donors (Lipinski definition) is 1. The monoisotopic (exact) mass is 658 g/mol. The largest absolute Gasteiger partial charge is 0.506 e. The summed E-state index contributed by atoms with van der Waals surface area (Å²) in [6, 6.07) is 12.4. The molecule has 0 radical (unpaired) electrons. The number of rotatable bonds is 3. The van der Waals surface area contributed by atoms with Crippen LogP contribution in [0.3, 0.4) is 0 Å². The standard InChI is InChI=1S/C22H16I2N2O4S/c1-11-17(21(29)30-2)18(12-6-4-3-5-7-12)26-20(28)16(31-22(26)25-11)9-13-8-14(23)10-15(24)19(13)27/h3-10,18,27H,1-2H3/b16-9-/t18-/m0/s1. The maximum atomic E-state index is 13.5. The summed E-state index contributed by atoms with van der Waals surface area (Å²) < 4.78 is 8.60. The van der Waals surface area contributed by atoms with Gasteiger partial charge in [0.1, 0.15) is 5.75 Å². The van der Waals surface area contributed by atoms with Gasteiger partial charge in [0.25, 0.3) is 5.56 Å². The molecule has 9 heteroatoms. The fourth-order valence-corrected chi connectivity index (χ4v) is 6.41. The maximum Gasteiger partial charge on any atom is 0.338 e. The van der Waals surface area contributed by atoms with Gasteiger partial charge in [0.2, 0.25) is 0 Å². The Kier molecular flexibility index (Phi) is 6.35. The van der Waals surface area contributed by atoms with Crippen molar-refractivity contribution < 1.29 is 14.6 Å². The summed E-state index contributed by atoms with van der Waals surface area (Å²) in [6.07, 6.45) is 1.67. The molecule has 0 aliphatic carbocycles. The van der Waals surface area contributed by atoms with Crippen molar-refractivity contribution in [3.63, 3.8) is 0 Å². The summed E-state index contributed by atoms with van der Waals surface area (Å²) in [4.78, 5) is 31.1. The lowest BCUT2D eigenvalue weighted by Crippen LogP contribution is -2.39. The Morgan fingerprint density at radius 1 is 1.26 bits per heavy atom. The second-order valence-electron chi connectivity index (χ2n) is 6.81. The number of methoxy groups -OCH3 is 1. The van der Waals surface area contributed by atoms with Crippen molar-refractivity contribution in [3.05, 3.63) is 91.7 Å². The molecule has 4 rings (SSSR count). The molecule has 0 unspecified atom stereocenters. The van der Waals surface area contributed by atoms with E-state index in [1.54, 1.807) is 13.0 Å². The summed E-state index contributed by atoms with van der Waals surface area (Å²) in [7, 11) is 1.32. The number of hydrogen-bond acceptors (Lipinski definition) is 6. The zero-order valence-corrected chi connectivity index (χ0v) is 21.6. The number of phenolic OH excluding ortho intramolecular Hbond substituents is 1. The van der Waals surface area contributed by atoms with Gasteiger partial charge in [-0.3, -0.25) is 9.36 Å². The van der Waals surface area contributed by atoms with Crippen molar-refractivity contribution in [2.24, 2.45) is 4.99 Å². The van der Waals surface area contributed by atoms with Gasteiger partial charge >= 0.3 is 5.97 Å². The van der Waals surface area contributed by atoms with Gasteiger partial charge in [-0.05, 0) is 75.9 Å². The van der Waals surface area contributed by atoms with Gasteiger partial charge in [-0.25, -0.2) is 9.79 Å². The minimum absolute atomic E-state index is 0.123. The zero-order chi connectivity index (χ0) is 22.3. The summed E-state index contributed by atoms with van der Waals surface area (Å²) in [6.45, 7) is 1.74. The van der Waals surface area contributed by atoms with Gasteiger partial charge in [0.05, 0.1) is 32.5 Å². The van der Waals surface area contributed by atoms with Crippen molar-refractivity contribution in [2.75, 3.05) is 7.11 Å². The summed E-state index contributed by atoms with van der Waals surface area (Å²) in [5, 5.41) is 10.5. The molecule has 0 bridgehead atoms. The van der Waals surface area contributed by atoms with Crippen molar-refractivity contribution in [2.45, 2.75) is 13.0 Å². The highest BCUT2D eigenvalue weighted by molar-refractivity contribution is 14.1. The third-order valence-corrected chi connectivity index (χ3v) is 7.31. The zero-order valence-electron chi connectivity index (χ0n) is 16.4. The first-order valence-electron chi connectivity index (χ1n) is 9.15. The van der Waals surface area contributed by atoms with Crippen LogP contribution in [0.15, 0.2) is 63.5 Å². The molecule has 158 valence electrons. The minimum Gasteiger partial charge on any atom is -0.506 e. The Hall–Kier alpha value is -1.99. The smallest absolute Gasteiger partial charge is 0.338 e. The van der Waals surface area contributed by atoms with Crippen molar-refractivity contribution in [3.8, 4) is 5.75 Å². The van der Waals surface area contributed by atoms with Gasteiger partial charge in [-0.1, -0.05) is 41.7 Å². The molecular formula is C22H16I2N2O4S. The van der Waals surface area contributed by atoms with Gasteiger partial charge in [0, 0.05) is 9.13 Å². The molecule has 0 spiro atoms. The molecule has 2 heterocycles. The Bertz CT molecular complexity index is 1410. The van der Waals surface area contributed by atoms with E-state index in [0.29, 0.717) is 29.7 Å². The van der Waals surface area contributed by atoms with E-state index >= 15 is 0 Å². The predicted molar refractivity (Wildman–Crippen MR) is 136 cm³/mol. The number of carbonyl (C=O) groups is 1. The average Bonchev–Trinajstić information content (AvgIpc) is 3.05. The maximum absolute atomic E-state index is 13.5. The van der Waals surface area contributed by atoms with E-state index in [0.717, 1.165) is 9.13 Å². The molecule has 3 aromatic rings. The molecule has 0 fully saturated rings. The first-order chi connectivity index (χ1) is 14.8. The first-order valence-corrected chi connectivity index (χ1v) is 12.1. The molecule has 31 heavy (non-hydrogen) atoms. The van der Waals surface area contributed by atoms with Crippen LogP contribution in [-0.4, -0.2) is 22.8 Å². The van der Waals surface area contributed by atoms with Crippen LogP contribution in [0.5, 0.6) is 5.75 Å². The first kappa shape index (κ1) is 22.2. The lowest BCUT2D eigenvalue weighted by Gasteiger charge is -2.24. The molecule has 1 aromatic heterocycles. The fourth-order valence-electron chi connectivity index (χ4n) is 3.48. The molecule has 1 N–H and O–H groups in total. The van der Waals surface area contributed by atoms with Crippen LogP contribution in [0.4, 0.5) is 0 Å². The van der Waals surface area contributed by atoms with Gasteiger partial charge in [-0.15, -0.1) is 0 Å². The number of carbonyl (C=O) groups excluding carboxylic acids is 1. The number of esters is 1. The van der Waals surface area contributed by atoms with Gasteiger partial charge < -0.3 is 9.84 Å². The summed E-state index contributed by atoms with van der Waals surface area (Å²) in [5.41, 5.74) is 1.91. The second-order valence-corrected chi connectivity index (χ2v) is 10.2. The molecule has 2 aromatic carbocycles. The van der Waals surface area contributed by atoms with Crippen LogP contribution >= 0.6 is 56.5 Å². The summed E-state index contributed by atoms with van der Waals surface area (Å²) >= 11 is 5.46. The number of halogens is 2. The Labute approximate surface area is 208 Å². The Morgan fingerprint density at radius 2 is 1.97 bits per heavy atom. The number of fused-ring (bicyclic) bond motifs is 1. The van der Waals surface area contributed by atoms with Crippen LogP contribution < -0.4 is 14.9 Å². The number of ether oxygens (including phenoxy) is 1. The SMILES string of the molecule is COC(=O)C1=C(C)N=c2s/c(=C\c3cc(I)cc(I)c3O)c(=O)n2[C@H]1c1ccccc1. The van der Waals surface area contributed by atoms with Crippen LogP contribution in [0.1, 0.15) is 24.1 Å². The highest BCUT2D eigenvalue weighted by atomic mass is 127. The highest BCUT2D eigenvalue weighted by Gasteiger charge is 2.32. The number of nitrogens with zero attached hydrogens (tertiary/aromatic N) is 2. The fraction of sp³-hybridized carbons (Fsp3) is 0.136. The van der Waals surface area contributed by atoms with Gasteiger partial charge in [0.15, 0.2) is 4.80 Å². The lowest BCUT2D eigenvalue weighted by molar-refractivity contribution is -0.136. The van der Waals surface area contributed by atoms with Crippen LogP contribution in [0.2, 0.25) is 0 Å². The number of thiazole rings is 1. The third kappa shape index (κ3) is 4.10. The number of phenols is 1. The van der Waals surface area contributed by atoms with E-state index in [2.05, 4.69) is 50.2 Å². The topological polar surface area (TPSA) is 80.9 Å². The van der Waals surface area contributed by atoms with Crippen LogP contribution in [-0.2, 0) is 9.53 Å². The van der Waals surface area contributed by atoms with E-state index in [9.17, 15) is 14.7 Å². The molecule has 0 saturated heterocycles. The average molecular weight is 658 g/mol. The number of aromatic hydroxyl groups is 1. The van der Waals surface area contributed by atoms with Gasteiger partial charge in [-0.2, -0.15) is 0 Å². The number of allylic oxidation sites excluding steroid dienone is 1. The normalized spacial score (nSPS) is 16.1. The van der Waals surface area contributed by atoms with E-state index in [4.69, 9.17) is 4.74 Å². The Morgan fingerprint density at radius 3 is 2.65 bits per heavy atom. The Balaban J connectivity index is 2.00. The number of aromatic nitrogens is 1. The van der Waals surface area contributed by atoms with E-state index in [-0.39, 0.29) is 11.3 Å². The summed E-state index contributed by atoms with van der Waals surface area (Å²) in [5.74, 6) is -0.396. The molecule has 1 aliphatic heterocycles. The predicted octanol–water partition coefficient (Wildman–Crippen LogP) is 3.32. The molecule has 0 amide bonds. The van der Waals surface area contributed by atoms with Crippen LogP contribution in [0, 0.1) is 7.14 Å². The van der Waals surface area contributed by atoms with E-state index in [1.807, 2.05) is 42.5 Å².